The number of aromatic nitrogens is 4. The Hall–Kier alpha value is -4.79. The van der Waals surface area contributed by atoms with Crippen LogP contribution in [0.2, 0.25) is 0 Å². The molecule has 0 aliphatic carbocycles. The van der Waals surface area contributed by atoms with Crippen molar-refractivity contribution in [2.45, 2.75) is 25.9 Å². The van der Waals surface area contributed by atoms with E-state index >= 15 is 0 Å². The lowest BCUT2D eigenvalue weighted by Crippen LogP contribution is -2.36. The molecule has 6 rings (SSSR count). The summed E-state index contributed by atoms with van der Waals surface area (Å²) in [4.78, 5) is 30.7. The second-order valence-corrected chi connectivity index (χ2v) is 9.30. The molecule has 0 unspecified atom stereocenters. The van der Waals surface area contributed by atoms with E-state index in [4.69, 9.17) is 4.42 Å². The summed E-state index contributed by atoms with van der Waals surface area (Å²) in [5.74, 6) is 0.360. The maximum atomic E-state index is 12.9. The van der Waals surface area contributed by atoms with Crippen LogP contribution in [0, 0.1) is 0 Å². The fraction of sp³-hybridized carbons (Fsp3) is 0.207. The van der Waals surface area contributed by atoms with Gasteiger partial charge in [0.05, 0.1) is 23.9 Å². The molecule has 190 valence electrons. The van der Waals surface area contributed by atoms with Gasteiger partial charge in [-0.3, -0.25) is 19.3 Å². The third-order valence-electron chi connectivity index (χ3n) is 6.86. The number of aryl methyl sites for hydroxylation is 1. The van der Waals surface area contributed by atoms with E-state index in [0.717, 1.165) is 51.4 Å². The van der Waals surface area contributed by atoms with Gasteiger partial charge in [-0.2, -0.15) is 0 Å². The van der Waals surface area contributed by atoms with Crippen molar-refractivity contribution in [3.05, 3.63) is 90.1 Å². The normalized spacial score (nSPS) is 13.6. The standard InChI is InChI=1S/C29H26N6O3/c36-19-24-15-23-14-22(21-5-3-11-34(18-21)28(37)8-12-35-13-10-32-33-35)16-27(29(23)38-24)31-17-20-4-1-7-26-25(20)6-2-9-30-26/h1-2,4-7,9-10,13-16,19,31H,3,8,11-12,17-18H2. The molecule has 0 bridgehead atoms. The van der Waals surface area contributed by atoms with Gasteiger partial charge in [0.2, 0.25) is 5.91 Å². The Morgan fingerprint density at radius 3 is 2.95 bits per heavy atom. The highest BCUT2D eigenvalue weighted by atomic mass is 16.3. The first-order valence-corrected chi connectivity index (χ1v) is 12.6. The molecule has 9 heteroatoms. The van der Waals surface area contributed by atoms with Crippen molar-refractivity contribution in [1.82, 2.24) is 24.9 Å². The van der Waals surface area contributed by atoms with Crippen LogP contribution in [-0.2, 0) is 17.9 Å². The third-order valence-corrected chi connectivity index (χ3v) is 6.86. The van der Waals surface area contributed by atoms with Gasteiger partial charge in [0.1, 0.15) is 0 Å². The molecule has 1 aliphatic rings. The number of nitrogens with zero attached hydrogens (tertiary/aromatic N) is 5. The molecule has 0 saturated heterocycles. The molecule has 0 radical (unpaired) electrons. The lowest BCUT2D eigenvalue weighted by Gasteiger charge is -2.28. The monoisotopic (exact) mass is 506 g/mol. The molecule has 0 saturated carbocycles. The molecule has 3 aromatic heterocycles. The topological polar surface area (TPSA) is 106 Å². The number of hydrogen-bond donors (Lipinski definition) is 1. The number of nitrogens with one attached hydrogen (secondary N) is 1. The quantitative estimate of drug-likeness (QED) is 0.304. The van der Waals surface area contributed by atoms with E-state index in [0.29, 0.717) is 38.2 Å². The number of pyridine rings is 1. The van der Waals surface area contributed by atoms with Crippen molar-refractivity contribution in [1.29, 1.82) is 0 Å². The predicted octanol–water partition coefficient (Wildman–Crippen LogP) is 4.70. The number of carbonyl (C=O) groups is 2. The van der Waals surface area contributed by atoms with Crippen LogP contribution in [0.1, 0.15) is 34.5 Å². The van der Waals surface area contributed by atoms with Gasteiger partial charge in [0.15, 0.2) is 17.6 Å². The van der Waals surface area contributed by atoms with Gasteiger partial charge < -0.3 is 14.6 Å². The summed E-state index contributed by atoms with van der Waals surface area (Å²) in [5, 5.41) is 13.2. The van der Waals surface area contributed by atoms with E-state index in [9.17, 15) is 9.59 Å². The van der Waals surface area contributed by atoms with Gasteiger partial charge in [-0.1, -0.05) is 29.5 Å². The molecular formula is C29H26N6O3. The van der Waals surface area contributed by atoms with Crippen LogP contribution < -0.4 is 5.32 Å². The van der Waals surface area contributed by atoms with Gasteiger partial charge in [-0.15, -0.1) is 5.10 Å². The lowest BCUT2D eigenvalue weighted by atomic mass is 9.98. The Morgan fingerprint density at radius 2 is 2.08 bits per heavy atom. The molecule has 1 aliphatic heterocycles. The van der Waals surface area contributed by atoms with Gasteiger partial charge in [0.25, 0.3) is 0 Å². The zero-order chi connectivity index (χ0) is 25.9. The number of aldehydes is 1. The average Bonchev–Trinajstić information content (AvgIpc) is 3.64. The fourth-order valence-electron chi connectivity index (χ4n) is 4.95. The van der Waals surface area contributed by atoms with Crippen molar-refractivity contribution in [3.8, 4) is 0 Å². The SMILES string of the molecule is O=Cc1cc2cc(C3=CCCN(C(=O)CCn4ccnn4)C3)cc(NCc3cccc4ncccc34)c2o1. The maximum absolute atomic E-state index is 12.9. The second-order valence-electron chi connectivity index (χ2n) is 9.30. The predicted molar refractivity (Wildman–Crippen MR) is 144 cm³/mol. The molecule has 0 fully saturated rings. The van der Waals surface area contributed by atoms with Crippen LogP contribution in [0.5, 0.6) is 0 Å². The molecule has 5 aromatic rings. The van der Waals surface area contributed by atoms with Crippen LogP contribution >= 0.6 is 0 Å². The van der Waals surface area contributed by atoms with Crippen molar-refractivity contribution in [2.75, 3.05) is 18.4 Å². The van der Waals surface area contributed by atoms with Crippen LogP contribution in [0.3, 0.4) is 0 Å². The number of benzene rings is 2. The summed E-state index contributed by atoms with van der Waals surface area (Å²) in [6, 6.07) is 15.9. The molecule has 0 spiro atoms. The number of anilines is 1. The molecule has 9 nitrogen and oxygen atoms in total. The van der Waals surface area contributed by atoms with E-state index in [1.807, 2.05) is 35.2 Å². The Kier molecular flexibility index (Phi) is 6.39. The largest absolute Gasteiger partial charge is 0.451 e. The first-order chi connectivity index (χ1) is 18.7. The fourth-order valence-corrected chi connectivity index (χ4v) is 4.95. The Balaban J connectivity index is 1.26. The molecule has 1 N–H and O–H groups in total. The highest BCUT2D eigenvalue weighted by Gasteiger charge is 2.21. The molecule has 2 aromatic carbocycles. The van der Waals surface area contributed by atoms with Crippen molar-refractivity contribution in [3.63, 3.8) is 0 Å². The first kappa shape index (κ1) is 23.6. The second kappa shape index (κ2) is 10.3. The minimum Gasteiger partial charge on any atom is -0.451 e. The minimum atomic E-state index is 0.0849. The number of rotatable bonds is 8. The zero-order valence-corrected chi connectivity index (χ0v) is 20.7. The minimum absolute atomic E-state index is 0.0849. The van der Waals surface area contributed by atoms with Crippen LogP contribution in [0.25, 0.3) is 27.4 Å². The van der Waals surface area contributed by atoms with Gasteiger partial charge in [0, 0.05) is 49.2 Å². The smallest absolute Gasteiger partial charge is 0.224 e. The summed E-state index contributed by atoms with van der Waals surface area (Å²) >= 11 is 0. The van der Waals surface area contributed by atoms with E-state index in [-0.39, 0.29) is 11.7 Å². The highest BCUT2D eigenvalue weighted by Crippen LogP contribution is 2.33. The Labute approximate surface area is 218 Å². The summed E-state index contributed by atoms with van der Waals surface area (Å²) < 4.78 is 7.52. The number of furan rings is 1. The summed E-state index contributed by atoms with van der Waals surface area (Å²) in [5.41, 5.74) is 5.53. The number of amides is 1. The average molecular weight is 507 g/mol. The molecule has 0 atom stereocenters. The van der Waals surface area contributed by atoms with Crippen LogP contribution in [0.15, 0.2) is 77.6 Å². The molecule has 1 amide bonds. The van der Waals surface area contributed by atoms with Gasteiger partial charge >= 0.3 is 0 Å². The summed E-state index contributed by atoms with van der Waals surface area (Å²) in [6.07, 6.45) is 9.20. The molecular weight excluding hydrogens is 480 g/mol. The van der Waals surface area contributed by atoms with Gasteiger partial charge in [-0.05, 0) is 53.5 Å². The van der Waals surface area contributed by atoms with E-state index < -0.39 is 0 Å². The number of carbonyl (C=O) groups excluding carboxylic acids is 2. The zero-order valence-electron chi connectivity index (χ0n) is 20.7. The maximum Gasteiger partial charge on any atom is 0.224 e. The molecule has 38 heavy (non-hydrogen) atoms. The lowest BCUT2D eigenvalue weighted by molar-refractivity contribution is -0.131. The summed E-state index contributed by atoms with van der Waals surface area (Å²) in [6.45, 7) is 2.27. The van der Waals surface area contributed by atoms with Crippen LogP contribution in [-0.4, -0.2) is 50.2 Å². The molecule has 4 heterocycles. The third kappa shape index (κ3) is 4.78. The van der Waals surface area contributed by atoms with E-state index in [1.54, 1.807) is 29.3 Å². The number of fused-ring (bicyclic) bond motifs is 2. The first-order valence-electron chi connectivity index (χ1n) is 12.6. The van der Waals surface area contributed by atoms with E-state index in [1.165, 1.54) is 0 Å². The van der Waals surface area contributed by atoms with Gasteiger partial charge in [-0.25, -0.2) is 0 Å². The summed E-state index contributed by atoms with van der Waals surface area (Å²) in [7, 11) is 0. The van der Waals surface area contributed by atoms with Crippen LogP contribution in [0.4, 0.5) is 5.69 Å². The number of hydrogen-bond acceptors (Lipinski definition) is 7. The van der Waals surface area contributed by atoms with Crippen molar-refractivity contribution in [2.24, 2.45) is 0 Å². The Bertz CT molecular complexity index is 1650. The Morgan fingerprint density at radius 1 is 1.13 bits per heavy atom. The van der Waals surface area contributed by atoms with Crippen molar-refractivity contribution < 1.29 is 14.0 Å². The van der Waals surface area contributed by atoms with E-state index in [2.05, 4.69) is 38.8 Å². The highest BCUT2D eigenvalue weighted by molar-refractivity contribution is 5.96. The van der Waals surface area contributed by atoms with Crippen molar-refractivity contribution >= 4 is 45.3 Å².